The van der Waals surface area contributed by atoms with Gasteiger partial charge in [0.15, 0.2) is 0 Å². The number of hydrogen-bond donors (Lipinski definition) is 1. The minimum absolute atomic E-state index is 0.135. The number of amides is 1. The number of rotatable bonds is 4. The molecule has 122 valence electrons. The van der Waals surface area contributed by atoms with Crippen LogP contribution >= 0.6 is 0 Å². The number of carbonyl (C=O) groups is 1. The minimum Gasteiger partial charge on any atom is -0.444 e. The monoisotopic (exact) mass is 304 g/mol. The molecule has 1 fully saturated rings. The van der Waals surface area contributed by atoms with Crippen LogP contribution in [0.4, 0.5) is 10.5 Å². The number of carbonyl (C=O) groups excluding carboxylic acids is 1. The highest BCUT2D eigenvalue weighted by Gasteiger charge is 2.25. The smallest absolute Gasteiger partial charge is 0.407 e. The van der Waals surface area contributed by atoms with Crippen LogP contribution in [-0.2, 0) is 4.74 Å². The lowest BCUT2D eigenvalue weighted by molar-refractivity contribution is 0.0503. The van der Waals surface area contributed by atoms with Crippen molar-refractivity contribution in [3.8, 4) is 0 Å². The van der Waals surface area contributed by atoms with E-state index in [4.69, 9.17) is 4.74 Å². The van der Waals surface area contributed by atoms with Gasteiger partial charge in [-0.05, 0) is 58.6 Å². The van der Waals surface area contributed by atoms with Gasteiger partial charge >= 0.3 is 6.09 Å². The average molecular weight is 304 g/mol. The maximum Gasteiger partial charge on any atom is 0.407 e. The molecule has 1 N–H and O–H groups in total. The molecule has 0 aliphatic carbocycles. The fraction of sp³-hybridized carbons (Fsp3) is 0.611. The van der Waals surface area contributed by atoms with Gasteiger partial charge < -0.3 is 15.0 Å². The highest BCUT2D eigenvalue weighted by atomic mass is 16.6. The van der Waals surface area contributed by atoms with E-state index in [0.717, 1.165) is 19.5 Å². The molecule has 0 saturated carbocycles. The Morgan fingerprint density at radius 3 is 2.68 bits per heavy atom. The topological polar surface area (TPSA) is 41.6 Å². The molecule has 1 aliphatic heterocycles. The van der Waals surface area contributed by atoms with Gasteiger partial charge in [-0.2, -0.15) is 0 Å². The van der Waals surface area contributed by atoms with Gasteiger partial charge in [0.25, 0.3) is 0 Å². The second-order valence-corrected chi connectivity index (χ2v) is 7.22. The van der Waals surface area contributed by atoms with E-state index in [9.17, 15) is 4.79 Å². The molecule has 1 aliphatic rings. The highest BCUT2D eigenvalue weighted by Crippen LogP contribution is 2.26. The Morgan fingerprint density at radius 2 is 2.05 bits per heavy atom. The maximum absolute atomic E-state index is 11.8. The van der Waals surface area contributed by atoms with Crippen LogP contribution in [-0.4, -0.2) is 30.8 Å². The van der Waals surface area contributed by atoms with E-state index in [0.29, 0.717) is 5.92 Å². The lowest BCUT2D eigenvalue weighted by atomic mass is 10.0. The van der Waals surface area contributed by atoms with Crippen molar-refractivity contribution in [1.29, 1.82) is 0 Å². The summed E-state index contributed by atoms with van der Waals surface area (Å²) in [6, 6.07) is 10.7. The summed E-state index contributed by atoms with van der Waals surface area (Å²) in [5.41, 5.74) is 0.846. The first-order chi connectivity index (χ1) is 10.3. The van der Waals surface area contributed by atoms with Gasteiger partial charge in [-0.15, -0.1) is 0 Å². The van der Waals surface area contributed by atoms with Crippen LogP contribution in [0.2, 0.25) is 0 Å². The van der Waals surface area contributed by atoms with Crippen LogP contribution in [0.1, 0.15) is 40.5 Å². The van der Waals surface area contributed by atoms with E-state index in [1.807, 2.05) is 26.8 Å². The van der Waals surface area contributed by atoms with E-state index >= 15 is 0 Å². The quantitative estimate of drug-likeness (QED) is 0.919. The second-order valence-electron chi connectivity index (χ2n) is 7.22. The summed E-state index contributed by atoms with van der Waals surface area (Å²) in [4.78, 5) is 14.2. The number of nitrogens with one attached hydrogen (secondary N) is 1. The Morgan fingerprint density at radius 1 is 1.36 bits per heavy atom. The third-order valence-electron chi connectivity index (χ3n) is 3.86. The zero-order chi connectivity index (χ0) is 16.2. The molecule has 22 heavy (non-hydrogen) atoms. The van der Waals surface area contributed by atoms with Crippen LogP contribution in [0, 0.1) is 5.92 Å². The van der Waals surface area contributed by atoms with Gasteiger partial charge in [0.2, 0.25) is 0 Å². The van der Waals surface area contributed by atoms with Crippen molar-refractivity contribution in [3.63, 3.8) is 0 Å². The van der Waals surface area contributed by atoms with E-state index < -0.39 is 5.60 Å². The molecule has 0 spiro atoms. The predicted molar refractivity (Wildman–Crippen MR) is 90.2 cm³/mol. The largest absolute Gasteiger partial charge is 0.444 e. The summed E-state index contributed by atoms with van der Waals surface area (Å²) in [6.45, 7) is 9.84. The van der Waals surface area contributed by atoms with E-state index in [-0.39, 0.29) is 12.1 Å². The van der Waals surface area contributed by atoms with Crippen molar-refractivity contribution >= 4 is 11.8 Å². The molecule has 2 unspecified atom stereocenters. The molecule has 2 atom stereocenters. The van der Waals surface area contributed by atoms with Crippen LogP contribution in [0.5, 0.6) is 0 Å². The number of benzene rings is 1. The minimum atomic E-state index is -0.443. The molecule has 4 nitrogen and oxygen atoms in total. The predicted octanol–water partition coefficient (Wildman–Crippen LogP) is 3.82. The fourth-order valence-corrected chi connectivity index (χ4v) is 2.97. The number of nitrogens with zero attached hydrogens (tertiary/aromatic N) is 1. The normalized spacial score (nSPS) is 19.8. The van der Waals surface area contributed by atoms with Gasteiger partial charge in [-0.25, -0.2) is 4.79 Å². The Kier molecular flexibility index (Phi) is 5.33. The number of anilines is 1. The van der Waals surface area contributed by atoms with E-state index in [1.165, 1.54) is 12.1 Å². The van der Waals surface area contributed by atoms with Crippen LogP contribution in [0.15, 0.2) is 30.3 Å². The Balaban J connectivity index is 1.76. The fourth-order valence-electron chi connectivity index (χ4n) is 2.97. The van der Waals surface area contributed by atoms with Gasteiger partial charge in [0, 0.05) is 24.8 Å². The summed E-state index contributed by atoms with van der Waals surface area (Å²) in [6.07, 6.45) is 1.84. The third-order valence-corrected chi connectivity index (χ3v) is 3.86. The molecule has 1 aromatic carbocycles. The zero-order valence-corrected chi connectivity index (χ0v) is 14.1. The van der Waals surface area contributed by atoms with Crippen molar-refractivity contribution in [2.24, 2.45) is 5.92 Å². The van der Waals surface area contributed by atoms with Crippen molar-refractivity contribution in [2.75, 3.05) is 18.0 Å². The molecule has 0 aromatic heterocycles. The van der Waals surface area contributed by atoms with Crippen molar-refractivity contribution in [3.05, 3.63) is 30.3 Å². The number of para-hydroxylation sites is 1. The lowest BCUT2D eigenvalue weighted by Crippen LogP contribution is -2.38. The summed E-state index contributed by atoms with van der Waals surface area (Å²) < 4.78 is 5.30. The Labute approximate surface area is 133 Å². The summed E-state index contributed by atoms with van der Waals surface area (Å²) in [5.74, 6) is 0.616. The zero-order valence-electron chi connectivity index (χ0n) is 14.1. The molecular weight excluding hydrogens is 276 g/mol. The first-order valence-electron chi connectivity index (χ1n) is 8.13. The molecule has 0 radical (unpaired) electrons. The molecule has 1 amide bonds. The highest BCUT2D eigenvalue weighted by molar-refractivity contribution is 5.68. The number of alkyl carbamates (subject to hydrolysis) is 1. The Bertz CT molecular complexity index is 482. The summed E-state index contributed by atoms with van der Waals surface area (Å²) in [5, 5.41) is 2.94. The first kappa shape index (κ1) is 16.7. The molecular formula is C18H28N2O2. The summed E-state index contributed by atoms with van der Waals surface area (Å²) >= 11 is 0. The van der Waals surface area contributed by atoms with Gasteiger partial charge in [-0.1, -0.05) is 18.2 Å². The lowest BCUT2D eigenvalue weighted by Gasteiger charge is -2.23. The molecule has 0 bridgehead atoms. The number of hydrogen-bond acceptors (Lipinski definition) is 3. The summed E-state index contributed by atoms with van der Waals surface area (Å²) in [7, 11) is 0. The maximum atomic E-state index is 11.8. The second kappa shape index (κ2) is 7.03. The van der Waals surface area contributed by atoms with Gasteiger partial charge in [-0.3, -0.25) is 0 Å². The van der Waals surface area contributed by atoms with Crippen LogP contribution in [0.3, 0.4) is 0 Å². The van der Waals surface area contributed by atoms with Crippen LogP contribution < -0.4 is 10.2 Å². The number of ether oxygens (including phenoxy) is 1. The van der Waals surface area contributed by atoms with Crippen molar-refractivity contribution in [2.45, 2.75) is 52.2 Å². The molecule has 1 saturated heterocycles. The molecule has 1 aromatic rings. The molecule has 4 heteroatoms. The SMILES string of the molecule is CC(CC1CCN(c2ccccc2)C1)NC(=O)OC(C)(C)C. The van der Waals surface area contributed by atoms with Gasteiger partial charge in [0.1, 0.15) is 5.60 Å². The Hall–Kier alpha value is -1.71. The molecule has 1 heterocycles. The third kappa shape index (κ3) is 5.24. The van der Waals surface area contributed by atoms with Gasteiger partial charge in [0.05, 0.1) is 0 Å². The van der Waals surface area contributed by atoms with Crippen molar-refractivity contribution in [1.82, 2.24) is 5.32 Å². The van der Waals surface area contributed by atoms with E-state index in [2.05, 4.69) is 41.4 Å². The standard InChI is InChI=1S/C18H28N2O2/c1-14(19-17(21)22-18(2,3)4)12-15-10-11-20(13-15)16-8-6-5-7-9-16/h5-9,14-15H,10-13H2,1-4H3,(H,19,21). The average Bonchev–Trinajstić information content (AvgIpc) is 2.85. The van der Waals surface area contributed by atoms with Crippen LogP contribution in [0.25, 0.3) is 0 Å². The molecule has 2 rings (SSSR count). The van der Waals surface area contributed by atoms with Crippen molar-refractivity contribution < 1.29 is 9.53 Å². The first-order valence-corrected chi connectivity index (χ1v) is 8.13. The van der Waals surface area contributed by atoms with E-state index in [1.54, 1.807) is 0 Å².